The molecule has 0 radical (unpaired) electrons. The number of amides is 1. The number of aryl methyl sites for hydroxylation is 1. The van der Waals surface area contributed by atoms with Crippen LogP contribution in [-0.4, -0.2) is 23.9 Å². The molecule has 2 aromatic rings. The highest BCUT2D eigenvalue weighted by molar-refractivity contribution is 5.95. The predicted octanol–water partition coefficient (Wildman–Crippen LogP) is 4.07. The highest BCUT2D eigenvalue weighted by Gasteiger charge is 2.16. The van der Waals surface area contributed by atoms with Crippen LogP contribution in [0.4, 0.5) is 0 Å². The Kier molecular flexibility index (Phi) is 5.15. The first-order valence-corrected chi connectivity index (χ1v) is 7.58. The Morgan fingerprint density at radius 3 is 2.38 bits per heavy atom. The van der Waals surface area contributed by atoms with Crippen molar-refractivity contribution >= 4 is 5.91 Å². The summed E-state index contributed by atoms with van der Waals surface area (Å²) in [6.07, 6.45) is 0.796. The molecule has 0 aliphatic carbocycles. The molecule has 0 aliphatic heterocycles. The van der Waals surface area contributed by atoms with Crippen molar-refractivity contribution < 1.29 is 4.79 Å². The minimum atomic E-state index is 0.128. The molecule has 0 saturated carbocycles. The van der Waals surface area contributed by atoms with Gasteiger partial charge in [-0.3, -0.25) is 4.79 Å². The largest absolute Gasteiger partial charge is 0.339 e. The normalized spacial score (nSPS) is 10.4. The topological polar surface area (TPSA) is 20.3 Å². The molecular weight excluding hydrogens is 258 g/mol. The van der Waals surface area contributed by atoms with Crippen LogP contribution in [0.2, 0.25) is 0 Å². The van der Waals surface area contributed by atoms with Gasteiger partial charge in [0.05, 0.1) is 0 Å². The molecule has 0 aliphatic rings. The van der Waals surface area contributed by atoms with E-state index in [9.17, 15) is 4.79 Å². The smallest absolute Gasteiger partial charge is 0.254 e. The molecule has 21 heavy (non-hydrogen) atoms. The molecule has 1 amide bonds. The van der Waals surface area contributed by atoms with Gasteiger partial charge in [0.2, 0.25) is 0 Å². The van der Waals surface area contributed by atoms with Gasteiger partial charge in [0.25, 0.3) is 5.91 Å². The molecule has 0 N–H and O–H groups in total. The van der Waals surface area contributed by atoms with Gasteiger partial charge in [0.15, 0.2) is 0 Å². The SMILES string of the molecule is CCN(CC)C(=O)c1ccccc1Cc1cccc(C)c1. The summed E-state index contributed by atoms with van der Waals surface area (Å²) < 4.78 is 0. The molecule has 0 fully saturated rings. The summed E-state index contributed by atoms with van der Waals surface area (Å²) in [5.74, 6) is 0.128. The van der Waals surface area contributed by atoms with Crippen LogP contribution in [0.1, 0.15) is 40.9 Å². The van der Waals surface area contributed by atoms with Gasteiger partial charge in [-0.15, -0.1) is 0 Å². The molecule has 0 saturated heterocycles. The first-order valence-electron chi connectivity index (χ1n) is 7.58. The highest BCUT2D eigenvalue weighted by atomic mass is 16.2. The molecule has 2 rings (SSSR count). The molecule has 0 spiro atoms. The predicted molar refractivity (Wildman–Crippen MR) is 87.7 cm³/mol. The van der Waals surface area contributed by atoms with Crippen LogP contribution in [0.5, 0.6) is 0 Å². The maximum Gasteiger partial charge on any atom is 0.254 e. The van der Waals surface area contributed by atoms with Crippen molar-refractivity contribution in [3.05, 3.63) is 70.8 Å². The third kappa shape index (κ3) is 3.72. The zero-order valence-electron chi connectivity index (χ0n) is 13.1. The van der Waals surface area contributed by atoms with E-state index in [1.165, 1.54) is 11.1 Å². The maximum absolute atomic E-state index is 12.6. The van der Waals surface area contributed by atoms with E-state index in [-0.39, 0.29) is 5.91 Å². The quantitative estimate of drug-likeness (QED) is 0.809. The van der Waals surface area contributed by atoms with Gasteiger partial charge in [-0.05, 0) is 44.4 Å². The fourth-order valence-corrected chi connectivity index (χ4v) is 2.61. The van der Waals surface area contributed by atoms with E-state index in [4.69, 9.17) is 0 Å². The monoisotopic (exact) mass is 281 g/mol. The van der Waals surface area contributed by atoms with E-state index >= 15 is 0 Å². The van der Waals surface area contributed by atoms with Gasteiger partial charge in [0.1, 0.15) is 0 Å². The average Bonchev–Trinajstić information content (AvgIpc) is 2.49. The van der Waals surface area contributed by atoms with Gasteiger partial charge in [-0.2, -0.15) is 0 Å². The summed E-state index contributed by atoms with van der Waals surface area (Å²) in [5.41, 5.74) is 4.41. The van der Waals surface area contributed by atoms with Gasteiger partial charge in [-0.1, -0.05) is 48.0 Å². The van der Waals surface area contributed by atoms with Crippen molar-refractivity contribution in [3.8, 4) is 0 Å². The molecule has 0 atom stereocenters. The molecule has 0 unspecified atom stereocenters. The van der Waals surface area contributed by atoms with Gasteiger partial charge >= 0.3 is 0 Å². The lowest BCUT2D eigenvalue weighted by atomic mass is 9.98. The Labute approximate surface area is 127 Å². The summed E-state index contributed by atoms with van der Waals surface area (Å²) in [4.78, 5) is 14.5. The number of benzene rings is 2. The second-order valence-corrected chi connectivity index (χ2v) is 5.30. The lowest BCUT2D eigenvalue weighted by Crippen LogP contribution is -2.31. The zero-order valence-corrected chi connectivity index (χ0v) is 13.1. The summed E-state index contributed by atoms with van der Waals surface area (Å²) in [5, 5.41) is 0. The fourth-order valence-electron chi connectivity index (χ4n) is 2.61. The third-order valence-electron chi connectivity index (χ3n) is 3.78. The van der Waals surface area contributed by atoms with Crippen LogP contribution in [0.3, 0.4) is 0 Å². The summed E-state index contributed by atoms with van der Waals surface area (Å²) in [7, 11) is 0. The molecule has 2 nitrogen and oxygen atoms in total. The third-order valence-corrected chi connectivity index (χ3v) is 3.78. The Bertz CT molecular complexity index is 614. The van der Waals surface area contributed by atoms with Crippen LogP contribution in [-0.2, 0) is 6.42 Å². The van der Waals surface area contributed by atoms with Gasteiger partial charge in [0, 0.05) is 18.7 Å². The number of hydrogen-bond donors (Lipinski definition) is 0. The van der Waals surface area contributed by atoms with E-state index in [2.05, 4.69) is 37.3 Å². The van der Waals surface area contributed by atoms with Crippen molar-refractivity contribution in [2.24, 2.45) is 0 Å². The van der Waals surface area contributed by atoms with Crippen molar-refractivity contribution in [2.75, 3.05) is 13.1 Å². The van der Waals surface area contributed by atoms with Crippen molar-refractivity contribution in [2.45, 2.75) is 27.2 Å². The molecular formula is C19H23NO. The maximum atomic E-state index is 12.6. The van der Waals surface area contributed by atoms with Crippen molar-refractivity contribution in [3.63, 3.8) is 0 Å². The first-order chi connectivity index (χ1) is 10.2. The van der Waals surface area contributed by atoms with Gasteiger partial charge in [-0.25, -0.2) is 0 Å². The fraction of sp³-hybridized carbons (Fsp3) is 0.316. The number of carbonyl (C=O) groups is 1. The number of nitrogens with zero attached hydrogens (tertiary/aromatic N) is 1. The summed E-state index contributed by atoms with van der Waals surface area (Å²) in [6, 6.07) is 16.4. The van der Waals surface area contributed by atoms with Crippen LogP contribution < -0.4 is 0 Å². The Morgan fingerprint density at radius 2 is 1.71 bits per heavy atom. The van der Waals surface area contributed by atoms with E-state index in [1.807, 2.05) is 36.9 Å². The molecule has 2 aromatic carbocycles. The molecule has 2 heteroatoms. The van der Waals surface area contributed by atoms with Crippen LogP contribution in [0.25, 0.3) is 0 Å². The minimum absolute atomic E-state index is 0.128. The lowest BCUT2D eigenvalue weighted by Gasteiger charge is -2.20. The molecule has 0 heterocycles. The number of hydrogen-bond acceptors (Lipinski definition) is 1. The molecule has 0 aromatic heterocycles. The number of carbonyl (C=O) groups excluding carboxylic acids is 1. The second kappa shape index (κ2) is 7.07. The highest BCUT2D eigenvalue weighted by Crippen LogP contribution is 2.17. The van der Waals surface area contributed by atoms with Crippen LogP contribution >= 0.6 is 0 Å². The zero-order chi connectivity index (χ0) is 15.2. The Morgan fingerprint density at radius 1 is 1.00 bits per heavy atom. The Balaban J connectivity index is 2.31. The minimum Gasteiger partial charge on any atom is -0.339 e. The number of rotatable bonds is 5. The van der Waals surface area contributed by atoms with E-state index in [0.29, 0.717) is 0 Å². The van der Waals surface area contributed by atoms with E-state index < -0.39 is 0 Å². The lowest BCUT2D eigenvalue weighted by molar-refractivity contribution is 0.0772. The van der Waals surface area contributed by atoms with E-state index in [0.717, 1.165) is 30.6 Å². The van der Waals surface area contributed by atoms with Crippen molar-refractivity contribution in [1.29, 1.82) is 0 Å². The van der Waals surface area contributed by atoms with Gasteiger partial charge < -0.3 is 4.90 Å². The van der Waals surface area contributed by atoms with E-state index in [1.54, 1.807) is 0 Å². The molecule has 110 valence electrons. The average molecular weight is 281 g/mol. The van der Waals surface area contributed by atoms with Crippen LogP contribution in [0, 0.1) is 6.92 Å². The second-order valence-electron chi connectivity index (χ2n) is 5.30. The van der Waals surface area contributed by atoms with Crippen LogP contribution in [0.15, 0.2) is 48.5 Å². The molecule has 0 bridgehead atoms. The summed E-state index contributed by atoms with van der Waals surface area (Å²) >= 11 is 0. The van der Waals surface area contributed by atoms with Crippen molar-refractivity contribution in [1.82, 2.24) is 4.90 Å². The summed E-state index contributed by atoms with van der Waals surface area (Å²) in [6.45, 7) is 7.62. The standard InChI is InChI=1S/C19H23NO/c1-4-20(5-2)19(21)18-12-7-6-11-17(18)14-16-10-8-9-15(3)13-16/h6-13H,4-5,14H2,1-3H3. The first kappa shape index (κ1) is 15.3. The Hall–Kier alpha value is -2.09.